The monoisotopic (exact) mass is 274 g/mol. The lowest BCUT2D eigenvalue weighted by Crippen LogP contribution is -2.33. The predicted octanol–water partition coefficient (Wildman–Crippen LogP) is 3.62. The van der Waals surface area contributed by atoms with Crippen LogP contribution in [0.25, 0.3) is 0 Å². The van der Waals surface area contributed by atoms with Gasteiger partial charge in [0.2, 0.25) is 0 Å². The summed E-state index contributed by atoms with van der Waals surface area (Å²) in [5.41, 5.74) is 2.30. The Morgan fingerprint density at radius 1 is 0.950 bits per heavy atom. The molecule has 2 aliphatic heterocycles. The molecule has 2 aliphatic rings. The number of phenolic OH excluding ortho intramolecular Hbond substituents is 1. The van der Waals surface area contributed by atoms with E-state index in [4.69, 9.17) is 0 Å². The third kappa shape index (κ3) is 2.87. The molecule has 0 bridgehead atoms. The highest BCUT2D eigenvalue weighted by molar-refractivity contribution is 5.66. The maximum Gasteiger partial charge on any atom is 0.139 e. The van der Waals surface area contributed by atoms with Crippen molar-refractivity contribution < 1.29 is 5.11 Å². The van der Waals surface area contributed by atoms with Gasteiger partial charge in [-0.2, -0.15) is 0 Å². The van der Waals surface area contributed by atoms with Crippen LogP contribution in [0, 0.1) is 5.92 Å². The highest BCUT2D eigenvalue weighted by Crippen LogP contribution is 2.35. The number of piperidine rings is 2. The molecular weight excluding hydrogens is 248 g/mol. The first kappa shape index (κ1) is 13.6. The Hall–Kier alpha value is -1.38. The SMILES string of the molecule is CC1CCN(c2cc(N3CCCCC3)ccc2O)CC1. The molecule has 1 aromatic carbocycles. The van der Waals surface area contributed by atoms with Crippen molar-refractivity contribution in [1.29, 1.82) is 0 Å². The summed E-state index contributed by atoms with van der Waals surface area (Å²) in [5.74, 6) is 1.25. The summed E-state index contributed by atoms with van der Waals surface area (Å²) in [5, 5.41) is 10.2. The van der Waals surface area contributed by atoms with Gasteiger partial charge in [0.25, 0.3) is 0 Å². The third-order valence-electron chi connectivity index (χ3n) is 4.80. The Labute approximate surface area is 122 Å². The van der Waals surface area contributed by atoms with E-state index in [0.717, 1.165) is 37.8 Å². The first-order chi connectivity index (χ1) is 9.74. The first-order valence-electron chi connectivity index (χ1n) is 8.07. The summed E-state index contributed by atoms with van der Waals surface area (Å²) in [4.78, 5) is 4.81. The maximum absolute atomic E-state index is 10.2. The molecule has 20 heavy (non-hydrogen) atoms. The van der Waals surface area contributed by atoms with Crippen LogP contribution in [0.5, 0.6) is 5.75 Å². The van der Waals surface area contributed by atoms with Crippen molar-refractivity contribution >= 4 is 11.4 Å². The Morgan fingerprint density at radius 3 is 2.35 bits per heavy atom. The van der Waals surface area contributed by atoms with Crippen molar-refractivity contribution in [3.05, 3.63) is 18.2 Å². The van der Waals surface area contributed by atoms with Crippen LogP contribution >= 0.6 is 0 Å². The summed E-state index contributed by atoms with van der Waals surface area (Å²) >= 11 is 0. The van der Waals surface area contributed by atoms with Crippen molar-refractivity contribution in [3.8, 4) is 5.75 Å². The van der Waals surface area contributed by atoms with Crippen LogP contribution in [-0.2, 0) is 0 Å². The zero-order chi connectivity index (χ0) is 13.9. The van der Waals surface area contributed by atoms with Crippen LogP contribution in [0.1, 0.15) is 39.0 Å². The van der Waals surface area contributed by atoms with E-state index in [0.29, 0.717) is 5.75 Å². The smallest absolute Gasteiger partial charge is 0.139 e. The average molecular weight is 274 g/mol. The molecule has 0 aromatic heterocycles. The normalized spacial score (nSPS) is 21.2. The van der Waals surface area contributed by atoms with E-state index in [-0.39, 0.29) is 0 Å². The second kappa shape index (κ2) is 5.94. The maximum atomic E-state index is 10.2. The lowest BCUT2D eigenvalue weighted by molar-refractivity contribution is 0.428. The van der Waals surface area contributed by atoms with E-state index in [1.165, 1.54) is 37.8 Å². The van der Waals surface area contributed by atoms with Gasteiger partial charge >= 0.3 is 0 Å². The zero-order valence-electron chi connectivity index (χ0n) is 12.5. The van der Waals surface area contributed by atoms with Gasteiger partial charge in [0.15, 0.2) is 0 Å². The highest BCUT2D eigenvalue weighted by atomic mass is 16.3. The minimum atomic E-state index is 0.431. The van der Waals surface area contributed by atoms with Crippen molar-refractivity contribution in [3.63, 3.8) is 0 Å². The van der Waals surface area contributed by atoms with Crippen molar-refractivity contribution in [2.24, 2.45) is 5.92 Å². The van der Waals surface area contributed by atoms with Gasteiger partial charge in [-0.15, -0.1) is 0 Å². The van der Waals surface area contributed by atoms with Gasteiger partial charge in [0.05, 0.1) is 5.69 Å². The molecule has 0 amide bonds. The largest absolute Gasteiger partial charge is 0.506 e. The van der Waals surface area contributed by atoms with Gasteiger partial charge in [-0.25, -0.2) is 0 Å². The summed E-state index contributed by atoms with van der Waals surface area (Å²) in [6.07, 6.45) is 6.39. The number of benzene rings is 1. The molecule has 3 nitrogen and oxygen atoms in total. The number of phenols is 1. The Bertz CT molecular complexity index is 446. The molecule has 0 spiro atoms. The number of hydrogen-bond acceptors (Lipinski definition) is 3. The number of aromatic hydroxyl groups is 1. The Kier molecular flexibility index (Phi) is 4.04. The van der Waals surface area contributed by atoms with Gasteiger partial charge in [-0.1, -0.05) is 6.92 Å². The first-order valence-corrected chi connectivity index (χ1v) is 8.07. The number of anilines is 2. The minimum absolute atomic E-state index is 0.431. The standard InChI is InChI=1S/C17H26N2O/c1-14-7-11-19(12-8-14)16-13-15(5-6-17(16)20)18-9-3-2-4-10-18/h5-6,13-14,20H,2-4,7-12H2,1H3. The minimum Gasteiger partial charge on any atom is -0.506 e. The molecule has 0 atom stereocenters. The van der Waals surface area contributed by atoms with Gasteiger partial charge in [0.1, 0.15) is 5.75 Å². The molecule has 0 aliphatic carbocycles. The molecule has 3 heteroatoms. The quantitative estimate of drug-likeness (QED) is 0.892. The molecule has 2 heterocycles. The summed E-state index contributed by atoms with van der Waals surface area (Å²) in [6, 6.07) is 6.13. The zero-order valence-corrected chi connectivity index (χ0v) is 12.5. The fourth-order valence-corrected chi connectivity index (χ4v) is 3.36. The molecule has 1 aromatic rings. The molecule has 2 saturated heterocycles. The molecule has 2 fully saturated rings. The van der Waals surface area contributed by atoms with Gasteiger partial charge in [-0.3, -0.25) is 0 Å². The van der Waals surface area contributed by atoms with E-state index in [2.05, 4.69) is 28.9 Å². The number of nitrogens with zero attached hydrogens (tertiary/aromatic N) is 2. The van der Waals surface area contributed by atoms with Gasteiger partial charge in [0, 0.05) is 31.9 Å². The van der Waals surface area contributed by atoms with E-state index in [1.54, 1.807) is 0 Å². The Balaban J connectivity index is 1.79. The fraction of sp³-hybridized carbons (Fsp3) is 0.647. The molecule has 0 saturated carbocycles. The summed E-state index contributed by atoms with van der Waals surface area (Å²) in [6.45, 7) is 6.76. The fourth-order valence-electron chi connectivity index (χ4n) is 3.36. The van der Waals surface area contributed by atoms with E-state index >= 15 is 0 Å². The molecule has 110 valence electrons. The molecule has 1 N–H and O–H groups in total. The van der Waals surface area contributed by atoms with Crippen LogP contribution in [0.15, 0.2) is 18.2 Å². The highest BCUT2D eigenvalue weighted by Gasteiger charge is 2.20. The van der Waals surface area contributed by atoms with Crippen LogP contribution in [0.4, 0.5) is 11.4 Å². The summed E-state index contributed by atoms with van der Waals surface area (Å²) < 4.78 is 0. The van der Waals surface area contributed by atoms with Crippen molar-refractivity contribution in [2.75, 3.05) is 36.0 Å². The predicted molar refractivity (Wildman–Crippen MR) is 84.8 cm³/mol. The lowest BCUT2D eigenvalue weighted by atomic mass is 9.98. The van der Waals surface area contributed by atoms with Crippen molar-refractivity contribution in [2.45, 2.75) is 39.0 Å². The molecule has 0 unspecified atom stereocenters. The third-order valence-corrected chi connectivity index (χ3v) is 4.80. The topological polar surface area (TPSA) is 26.7 Å². The molecule has 3 rings (SSSR count). The second-order valence-corrected chi connectivity index (χ2v) is 6.39. The van der Waals surface area contributed by atoms with E-state index < -0.39 is 0 Å². The van der Waals surface area contributed by atoms with Crippen LogP contribution in [0.3, 0.4) is 0 Å². The van der Waals surface area contributed by atoms with E-state index in [1.807, 2.05) is 6.07 Å². The average Bonchev–Trinajstić information content (AvgIpc) is 2.50. The lowest BCUT2D eigenvalue weighted by Gasteiger charge is -2.34. The van der Waals surface area contributed by atoms with Crippen LogP contribution in [0.2, 0.25) is 0 Å². The number of hydrogen-bond donors (Lipinski definition) is 1. The van der Waals surface area contributed by atoms with Gasteiger partial charge < -0.3 is 14.9 Å². The molecule has 0 radical (unpaired) electrons. The van der Waals surface area contributed by atoms with Crippen LogP contribution < -0.4 is 9.80 Å². The molecular formula is C17H26N2O. The summed E-state index contributed by atoms with van der Waals surface area (Å²) in [7, 11) is 0. The Morgan fingerprint density at radius 2 is 1.65 bits per heavy atom. The number of rotatable bonds is 2. The van der Waals surface area contributed by atoms with Gasteiger partial charge in [-0.05, 0) is 56.2 Å². The van der Waals surface area contributed by atoms with Crippen LogP contribution in [-0.4, -0.2) is 31.3 Å². The van der Waals surface area contributed by atoms with E-state index in [9.17, 15) is 5.11 Å². The van der Waals surface area contributed by atoms with Crippen molar-refractivity contribution in [1.82, 2.24) is 0 Å². The second-order valence-electron chi connectivity index (χ2n) is 6.39.